The topological polar surface area (TPSA) is 79.8 Å². The smallest absolute Gasteiger partial charge is 0.271 e. The number of rotatable bonds is 7. The van der Waals surface area contributed by atoms with E-state index in [1.54, 1.807) is 38.3 Å². The molecule has 0 heterocycles. The van der Waals surface area contributed by atoms with Gasteiger partial charge in [-0.2, -0.15) is 5.10 Å². The van der Waals surface area contributed by atoms with Crippen LogP contribution in [-0.4, -0.2) is 24.6 Å². The fourth-order valence-electron chi connectivity index (χ4n) is 2.34. The Hall–Kier alpha value is -3.15. The number of carbonyl (C=O) groups is 2. The summed E-state index contributed by atoms with van der Waals surface area (Å²) in [5, 5.41) is 6.90. The fourth-order valence-corrected chi connectivity index (χ4v) is 2.34. The van der Waals surface area contributed by atoms with Crippen molar-refractivity contribution >= 4 is 17.5 Å². The number of hydrogen-bond donors (Lipinski definition) is 2. The molecule has 0 bridgehead atoms. The maximum absolute atomic E-state index is 12.1. The van der Waals surface area contributed by atoms with Crippen LogP contribution in [0.25, 0.3) is 0 Å². The Morgan fingerprint density at radius 2 is 1.73 bits per heavy atom. The maximum Gasteiger partial charge on any atom is 0.271 e. The van der Waals surface area contributed by atoms with Crippen LogP contribution < -0.4 is 15.5 Å². The first kappa shape index (κ1) is 19.2. The first-order valence-corrected chi connectivity index (χ1v) is 8.31. The Kier molecular flexibility index (Phi) is 6.91. The van der Waals surface area contributed by atoms with Crippen molar-refractivity contribution in [2.75, 3.05) is 7.11 Å². The molecule has 0 radical (unpaired) electrons. The molecular weight excluding hydrogens is 330 g/mol. The first-order valence-electron chi connectivity index (χ1n) is 8.31. The summed E-state index contributed by atoms with van der Waals surface area (Å²) < 4.78 is 5.05. The molecule has 0 fully saturated rings. The number of ether oxygens (including phenoxy) is 1. The fraction of sp³-hybridized carbons (Fsp3) is 0.250. The van der Waals surface area contributed by atoms with Gasteiger partial charge in [-0.25, -0.2) is 5.43 Å². The third-order valence-electron chi connectivity index (χ3n) is 3.79. The van der Waals surface area contributed by atoms with E-state index in [-0.39, 0.29) is 24.3 Å². The molecule has 1 unspecified atom stereocenters. The van der Waals surface area contributed by atoms with E-state index in [4.69, 9.17) is 4.74 Å². The summed E-state index contributed by atoms with van der Waals surface area (Å²) in [4.78, 5) is 24.1. The Bertz CT molecular complexity index is 771. The minimum absolute atomic E-state index is 0.0922. The van der Waals surface area contributed by atoms with Crippen LogP contribution in [0.2, 0.25) is 0 Å². The summed E-state index contributed by atoms with van der Waals surface area (Å²) in [6.07, 6.45) is 0.111. The normalized spacial score (nSPS) is 12.2. The van der Waals surface area contributed by atoms with Crippen LogP contribution in [-0.2, 0) is 4.79 Å². The second-order valence-electron chi connectivity index (χ2n) is 5.89. The molecule has 1 atom stereocenters. The number of nitrogens with one attached hydrogen (secondary N) is 2. The highest BCUT2D eigenvalue weighted by Crippen LogP contribution is 2.12. The van der Waals surface area contributed by atoms with Crippen molar-refractivity contribution in [2.45, 2.75) is 26.3 Å². The number of benzene rings is 2. The number of amides is 2. The van der Waals surface area contributed by atoms with Crippen LogP contribution >= 0.6 is 0 Å². The summed E-state index contributed by atoms with van der Waals surface area (Å²) in [6.45, 7) is 3.62. The second kappa shape index (κ2) is 9.36. The lowest BCUT2D eigenvalue weighted by molar-refractivity contribution is -0.120. The summed E-state index contributed by atoms with van der Waals surface area (Å²) in [6, 6.07) is 16.3. The van der Waals surface area contributed by atoms with Gasteiger partial charge in [0.2, 0.25) is 5.91 Å². The molecule has 0 saturated carbocycles. The quantitative estimate of drug-likeness (QED) is 0.593. The highest BCUT2D eigenvalue weighted by atomic mass is 16.5. The number of hydrazone groups is 1. The Morgan fingerprint density at radius 1 is 1.08 bits per heavy atom. The number of nitrogens with zero attached hydrogens (tertiary/aromatic N) is 1. The molecule has 0 aliphatic carbocycles. The molecular formula is C20H23N3O3. The van der Waals surface area contributed by atoms with Gasteiger partial charge in [-0.05, 0) is 43.7 Å². The average Bonchev–Trinajstić information content (AvgIpc) is 2.66. The molecule has 0 spiro atoms. The van der Waals surface area contributed by atoms with Gasteiger partial charge < -0.3 is 10.1 Å². The highest BCUT2D eigenvalue weighted by molar-refractivity contribution is 6.01. The number of methoxy groups -OCH3 is 1. The van der Waals surface area contributed by atoms with Gasteiger partial charge in [0.05, 0.1) is 19.6 Å². The molecule has 0 saturated heterocycles. The largest absolute Gasteiger partial charge is 0.497 e. The van der Waals surface area contributed by atoms with Crippen molar-refractivity contribution in [2.24, 2.45) is 5.10 Å². The molecule has 0 aromatic heterocycles. The number of carbonyl (C=O) groups excluding carboxylic acids is 2. The predicted octanol–water partition coefficient (Wildman–Crippen LogP) is 3.07. The lowest BCUT2D eigenvalue weighted by Crippen LogP contribution is -2.28. The average molecular weight is 353 g/mol. The molecule has 6 heteroatoms. The van der Waals surface area contributed by atoms with Gasteiger partial charge in [0.1, 0.15) is 5.75 Å². The summed E-state index contributed by atoms with van der Waals surface area (Å²) in [5.41, 5.74) is 4.47. The van der Waals surface area contributed by atoms with Gasteiger partial charge in [0.15, 0.2) is 0 Å². The van der Waals surface area contributed by atoms with E-state index in [1.165, 1.54) is 0 Å². The van der Waals surface area contributed by atoms with E-state index in [0.717, 1.165) is 5.56 Å². The zero-order chi connectivity index (χ0) is 18.9. The van der Waals surface area contributed by atoms with Gasteiger partial charge in [-0.1, -0.05) is 30.3 Å². The maximum atomic E-state index is 12.1. The van der Waals surface area contributed by atoms with E-state index < -0.39 is 0 Å². The Labute approximate surface area is 153 Å². The second-order valence-corrected chi connectivity index (χ2v) is 5.89. The highest BCUT2D eigenvalue weighted by Gasteiger charge is 2.11. The molecule has 2 N–H and O–H groups in total. The minimum atomic E-state index is -0.343. The monoisotopic (exact) mass is 353 g/mol. The molecule has 6 nitrogen and oxygen atoms in total. The van der Waals surface area contributed by atoms with Crippen LogP contribution in [0.3, 0.4) is 0 Å². The lowest BCUT2D eigenvalue weighted by atomic mass is 10.1. The van der Waals surface area contributed by atoms with Crippen LogP contribution in [0, 0.1) is 0 Å². The van der Waals surface area contributed by atoms with Gasteiger partial charge in [0, 0.05) is 11.3 Å². The lowest BCUT2D eigenvalue weighted by Gasteiger charge is -2.14. The predicted molar refractivity (Wildman–Crippen MR) is 101 cm³/mol. The zero-order valence-electron chi connectivity index (χ0n) is 15.2. The molecule has 2 aromatic rings. The molecule has 2 aromatic carbocycles. The van der Waals surface area contributed by atoms with Crippen LogP contribution in [0.5, 0.6) is 5.75 Å². The first-order chi connectivity index (χ1) is 12.5. The molecule has 2 rings (SSSR count). The molecule has 2 amide bonds. The molecule has 26 heavy (non-hydrogen) atoms. The summed E-state index contributed by atoms with van der Waals surface area (Å²) in [7, 11) is 1.56. The summed E-state index contributed by atoms with van der Waals surface area (Å²) in [5.74, 6) is 0.178. The van der Waals surface area contributed by atoms with E-state index in [2.05, 4.69) is 15.8 Å². The van der Waals surface area contributed by atoms with Crippen LogP contribution in [0.15, 0.2) is 59.7 Å². The van der Waals surface area contributed by atoms with E-state index in [1.807, 2.05) is 37.3 Å². The molecule has 0 aliphatic heterocycles. The van der Waals surface area contributed by atoms with E-state index >= 15 is 0 Å². The summed E-state index contributed by atoms with van der Waals surface area (Å²) >= 11 is 0. The third kappa shape index (κ3) is 5.73. The van der Waals surface area contributed by atoms with Crippen molar-refractivity contribution in [3.63, 3.8) is 0 Å². The van der Waals surface area contributed by atoms with Crippen molar-refractivity contribution in [1.82, 2.24) is 10.7 Å². The van der Waals surface area contributed by atoms with Gasteiger partial charge in [-0.15, -0.1) is 0 Å². The Morgan fingerprint density at radius 3 is 2.35 bits per heavy atom. The third-order valence-corrected chi connectivity index (χ3v) is 3.79. The molecule has 0 aliphatic rings. The number of hydrogen-bond acceptors (Lipinski definition) is 4. The van der Waals surface area contributed by atoms with Gasteiger partial charge >= 0.3 is 0 Å². The minimum Gasteiger partial charge on any atom is -0.497 e. The van der Waals surface area contributed by atoms with Crippen molar-refractivity contribution in [3.05, 3.63) is 65.7 Å². The zero-order valence-corrected chi connectivity index (χ0v) is 15.2. The van der Waals surface area contributed by atoms with Gasteiger partial charge in [-0.3, -0.25) is 9.59 Å². The van der Waals surface area contributed by atoms with Crippen LogP contribution in [0.4, 0.5) is 0 Å². The van der Waals surface area contributed by atoms with Gasteiger partial charge in [0.25, 0.3) is 5.91 Å². The van der Waals surface area contributed by atoms with Crippen LogP contribution in [0.1, 0.15) is 42.2 Å². The van der Waals surface area contributed by atoms with E-state index in [0.29, 0.717) is 17.0 Å². The Balaban J connectivity index is 1.84. The van der Waals surface area contributed by atoms with Crippen molar-refractivity contribution in [1.29, 1.82) is 0 Å². The SMILES string of the molecule is COc1ccc(C(=O)NN=C(C)CC(=O)NC(C)c2ccccc2)cc1. The van der Waals surface area contributed by atoms with Crippen molar-refractivity contribution < 1.29 is 14.3 Å². The van der Waals surface area contributed by atoms with E-state index in [9.17, 15) is 9.59 Å². The molecule has 136 valence electrons. The standard InChI is InChI=1S/C20H23N3O3/c1-14(13-19(24)21-15(2)16-7-5-4-6-8-16)22-23-20(25)17-9-11-18(26-3)12-10-17/h4-12,15H,13H2,1-3H3,(H,21,24)(H,23,25). The van der Waals surface area contributed by atoms with Crippen molar-refractivity contribution in [3.8, 4) is 5.75 Å².